The van der Waals surface area contributed by atoms with Crippen molar-refractivity contribution in [3.8, 4) is 11.1 Å². The van der Waals surface area contributed by atoms with Gasteiger partial charge in [-0.25, -0.2) is 0 Å². The van der Waals surface area contributed by atoms with Gasteiger partial charge in [0.1, 0.15) is 5.58 Å². The van der Waals surface area contributed by atoms with Gasteiger partial charge in [-0.1, -0.05) is 23.4 Å². The zero-order chi connectivity index (χ0) is 27.1. The Balaban J connectivity index is 1.38. The summed E-state index contributed by atoms with van der Waals surface area (Å²) >= 11 is 0. The normalized spacial score (nSPS) is 13.7. The molecule has 1 aliphatic rings. The largest absolute Gasteiger partial charge is 0.450 e. The van der Waals surface area contributed by atoms with Crippen molar-refractivity contribution < 1.29 is 14.0 Å². The summed E-state index contributed by atoms with van der Waals surface area (Å²) in [5.41, 5.74) is 5.58. The van der Waals surface area contributed by atoms with Crippen LogP contribution in [-0.2, 0) is 18.4 Å². The summed E-state index contributed by atoms with van der Waals surface area (Å²) in [5.74, 6) is 0.181. The van der Waals surface area contributed by atoms with E-state index in [9.17, 15) is 9.59 Å². The molecule has 0 unspecified atom stereocenters. The van der Waals surface area contributed by atoms with Crippen LogP contribution in [0.4, 0.5) is 0 Å². The van der Waals surface area contributed by atoms with Gasteiger partial charge in [-0.15, -0.1) is 5.10 Å². The molecule has 4 heterocycles. The average molecular weight is 524 g/mol. The van der Waals surface area contributed by atoms with Crippen LogP contribution in [0.5, 0.6) is 0 Å². The van der Waals surface area contributed by atoms with Gasteiger partial charge in [0.25, 0.3) is 5.91 Å². The Hall–Kier alpha value is -4.73. The standard InChI is InChI=1S/C29H29N7O3/c1-33(2)29(38)26-16-23-13-22(21-5-4-10-35(18-21)27(37)8-11-36-12-9-30-32-36)14-24(28(23)39-26)19-6-7-20-17-31-34(3)25(20)15-19/h5-7,9,12-17H,4,8,10-11,18H2,1-3H3. The Bertz CT molecular complexity index is 1730. The van der Waals surface area contributed by atoms with Crippen LogP contribution in [-0.4, -0.2) is 73.6 Å². The highest BCUT2D eigenvalue weighted by Gasteiger charge is 2.23. The molecule has 3 aromatic heterocycles. The van der Waals surface area contributed by atoms with Gasteiger partial charge in [0.2, 0.25) is 5.91 Å². The van der Waals surface area contributed by atoms with Crippen LogP contribution in [0.25, 0.3) is 38.6 Å². The number of benzene rings is 2. The second kappa shape index (κ2) is 9.86. The van der Waals surface area contributed by atoms with Gasteiger partial charge < -0.3 is 14.2 Å². The number of carbonyl (C=O) groups excluding carboxylic acids is 2. The van der Waals surface area contributed by atoms with Crippen LogP contribution in [0.1, 0.15) is 29.0 Å². The van der Waals surface area contributed by atoms with E-state index in [0.717, 1.165) is 45.0 Å². The summed E-state index contributed by atoms with van der Waals surface area (Å²) in [6, 6.07) is 12.1. The maximum atomic E-state index is 13.0. The molecule has 10 nitrogen and oxygen atoms in total. The van der Waals surface area contributed by atoms with E-state index in [1.807, 2.05) is 41.0 Å². The molecule has 0 bridgehead atoms. The molecule has 198 valence electrons. The van der Waals surface area contributed by atoms with Crippen LogP contribution in [0.15, 0.2) is 65.5 Å². The maximum absolute atomic E-state index is 13.0. The lowest BCUT2D eigenvalue weighted by Crippen LogP contribution is -2.35. The molecule has 0 N–H and O–H groups in total. The first-order valence-electron chi connectivity index (χ1n) is 12.9. The summed E-state index contributed by atoms with van der Waals surface area (Å²) in [6.07, 6.45) is 8.54. The van der Waals surface area contributed by atoms with E-state index >= 15 is 0 Å². The highest BCUT2D eigenvalue weighted by molar-refractivity contribution is 6.02. The number of aryl methyl sites for hydroxylation is 2. The van der Waals surface area contributed by atoms with E-state index in [1.165, 1.54) is 4.90 Å². The minimum absolute atomic E-state index is 0.0845. The lowest BCUT2D eigenvalue weighted by molar-refractivity contribution is -0.131. The predicted molar refractivity (Wildman–Crippen MR) is 148 cm³/mol. The van der Waals surface area contributed by atoms with E-state index in [0.29, 0.717) is 31.6 Å². The average Bonchev–Trinajstić information content (AvgIpc) is 3.71. The van der Waals surface area contributed by atoms with Crippen LogP contribution in [0.2, 0.25) is 0 Å². The van der Waals surface area contributed by atoms with E-state index in [4.69, 9.17) is 4.42 Å². The zero-order valence-electron chi connectivity index (χ0n) is 22.2. The van der Waals surface area contributed by atoms with E-state index in [1.54, 1.807) is 37.2 Å². The van der Waals surface area contributed by atoms with Crippen molar-refractivity contribution in [1.82, 2.24) is 34.6 Å². The van der Waals surface area contributed by atoms with Gasteiger partial charge in [0.05, 0.1) is 24.5 Å². The molecule has 0 fully saturated rings. The first kappa shape index (κ1) is 24.6. The molecule has 0 radical (unpaired) electrons. The molecule has 1 aliphatic heterocycles. The van der Waals surface area contributed by atoms with E-state index in [-0.39, 0.29) is 17.6 Å². The first-order valence-corrected chi connectivity index (χ1v) is 12.9. The fraction of sp³-hybridized carbons (Fsp3) is 0.276. The molecule has 0 saturated carbocycles. The molecular formula is C29H29N7O3. The van der Waals surface area contributed by atoms with Gasteiger partial charge in [-0.05, 0) is 47.4 Å². The van der Waals surface area contributed by atoms with Gasteiger partial charge in [-0.3, -0.25) is 19.0 Å². The van der Waals surface area contributed by atoms with Crippen LogP contribution >= 0.6 is 0 Å². The molecular weight excluding hydrogens is 494 g/mol. The van der Waals surface area contributed by atoms with Crippen LogP contribution < -0.4 is 0 Å². The van der Waals surface area contributed by atoms with Crippen molar-refractivity contribution in [1.29, 1.82) is 0 Å². The van der Waals surface area contributed by atoms with Gasteiger partial charge >= 0.3 is 0 Å². The number of hydrogen-bond acceptors (Lipinski definition) is 6. The lowest BCUT2D eigenvalue weighted by atomic mass is 9.94. The molecule has 0 atom stereocenters. The van der Waals surface area contributed by atoms with Crippen LogP contribution in [0.3, 0.4) is 0 Å². The first-order chi connectivity index (χ1) is 18.9. The van der Waals surface area contributed by atoms with Gasteiger partial charge in [-0.2, -0.15) is 5.10 Å². The highest BCUT2D eigenvalue weighted by atomic mass is 16.3. The van der Waals surface area contributed by atoms with Crippen molar-refractivity contribution in [2.75, 3.05) is 27.2 Å². The Labute approximate surface area is 225 Å². The van der Waals surface area contributed by atoms with Crippen molar-refractivity contribution in [2.24, 2.45) is 7.05 Å². The number of aromatic nitrogens is 5. The Morgan fingerprint density at radius 2 is 1.95 bits per heavy atom. The monoisotopic (exact) mass is 523 g/mol. The molecule has 0 spiro atoms. The summed E-state index contributed by atoms with van der Waals surface area (Å²) in [5, 5.41) is 14.0. The third kappa shape index (κ3) is 4.69. The molecule has 6 rings (SSSR count). The van der Waals surface area contributed by atoms with Crippen molar-refractivity contribution >= 4 is 39.3 Å². The second-order valence-corrected chi connectivity index (χ2v) is 10.0. The van der Waals surface area contributed by atoms with Crippen molar-refractivity contribution in [2.45, 2.75) is 19.4 Å². The van der Waals surface area contributed by atoms with Gasteiger partial charge in [0, 0.05) is 63.2 Å². The predicted octanol–water partition coefficient (Wildman–Crippen LogP) is 3.99. The molecule has 2 aromatic carbocycles. The Morgan fingerprint density at radius 1 is 1.08 bits per heavy atom. The lowest BCUT2D eigenvalue weighted by Gasteiger charge is -2.28. The van der Waals surface area contributed by atoms with E-state index in [2.05, 4.69) is 33.6 Å². The molecule has 0 aliphatic carbocycles. The minimum Gasteiger partial charge on any atom is -0.450 e. The fourth-order valence-corrected chi connectivity index (χ4v) is 5.08. The Kier molecular flexibility index (Phi) is 6.22. The molecule has 5 aromatic rings. The SMILES string of the molecule is CN(C)C(=O)c1cc2cc(C3=CCCN(C(=O)CCn4ccnn4)C3)cc(-c3ccc4cnn(C)c4c3)c2o1. The smallest absolute Gasteiger partial charge is 0.289 e. The van der Waals surface area contributed by atoms with Crippen LogP contribution in [0, 0.1) is 0 Å². The number of carbonyl (C=O) groups is 2. The maximum Gasteiger partial charge on any atom is 0.289 e. The van der Waals surface area contributed by atoms with E-state index < -0.39 is 0 Å². The number of furan rings is 1. The number of fused-ring (bicyclic) bond motifs is 2. The quantitative estimate of drug-likeness (QED) is 0.334. The number of amides is 2. The third-order valence-electron chi connectivity index (χ3n) is 7.19. The zero-order valence-corrected chi connectivity index (χ0v) is 22.2. The summed E-state index contributed by atoms with van der Waals surface area (Å²) < 4.78 is 9.67. The summed E-state index contributed by atoms with van der Waals surface area (Å²) in [6.45, 7) is 1.70. The molecule has 39 heavy (non-hydrogen) atoms. The second-order valence-electron chi connectivity index (χ2n) is 10.0. The third-order valence-corrected chi connectivity index (χ3v) is 7.19. The topological polar surface area (TPSA) is 102 Å². The highest BCUT2D eigenvalue weighted by Crippen LogP contribution is 2.37. The number of rotatable bonds is 6. The molecule has 10 heteroatoms. The van der Waals surface area contributed by atoms with Crippen molar-refractivity contribution in [3.05, 3.63) is 72.4 Å². The van der Waals surface area contributed by atoms with Gasteiger partial charge in [0.15, 0.2) is 5.76 Å². The number of hydrogen-bond donors (Lipinski definition) is 0. The minimum atomic E-state index is -0.193. The number of nitrogens with zero attached hydrogens (tertiary/aromatic N) is 7. The summed E-state index contributed by atoms with van der Waals surface area (Å²) in [7, 11) is 5.33. The summed E-state index contributed by atoms with van der Waals surface area (Å²) in [4.78, 5) is 29.2. The molecule has 0 saturated heterocycles. The molecule has 2 amide bonds. The fourth-order valence-electron chi connectivity index (χ4n) is 5.08. The van der Waals surface area contributed by atoms with Crippen molar-refractivity contribution in [3.63, 3.8) is 0 Å². The Morgan fingerprint density at radius 3 is 2.74 bits per heavy atom.